The first-order valence-electron chi connectivity index (χ1n) is 11.1. The molecule has 1 N–H and O–H groups in total. The molecule has 1 atom stereocenters. The van der Waals surface area contributed by atoms with Crippen molar-refractivity contribution in [2.45, 2.75) is 26.0 Å². The van der Waals surface area contributed by atoms with Crippen molar-refractivity contribution in [1.29, 1.82) is 0 Å². The van der Waals surface area contributed by atoms with E-state index in [-0.39, 0.29) is 24.5 Å². The minimum Gasteiger partial charge on any atom is -0.457 e. The number of rotatable bonds is 9. The molecule has 35 heavy (non-hydrogen) atoms. The molecule has 0 bridgehead atoms. The molecule has 2 aromatic carbocycles. The van der Waals surface area contributed by atoms with Crippen LogP contribution in [-0.4, -0.2) is 42.2 Å². The molecular weight excluding hydrogens is 469 g/mol. The highest BCUT2D eigenvalue weighted by Crippen LogP contribution is 2.45. The maximum Gasteiger partial charge on any atom is 0.338 e. The van der Waals surface area contributed by atoms with Crippen molar-refractivity contribution in [2.75, 3.05) is 20.3 Å². The van der Waals surface area contributed by atoms with Gasteiger partial charge in [0.25, 0.3) is 0 Å². The number of halogens is 1. The lowest BCUT2D eigenvalue weighted by Crippen LogP contribution is -2.38. The number of methoxy groups -OCH3 is 1. The molecule has 7 nitrogen and oxygen atoms in total. The maximum atomic E-state index is 15.1. The molecule has 0 unspecified atom stereocenters. The second-order valence-corrected chi connectivity index (χ2v) is 8.83. The van der Waals surface area contributed by atoms with E-state index in [2.05, 4.69) is 10.3 Å². The average molecular weight is 496 g/mol. The molecule has 2 aliphatic heterocycles. The Balaban J connectivity index is 1.64. The molecule has 2 aliphatic rings. The van der Waals surface area contributed by atoms with Gasteiger partial charge in [-0.15, -0.1) is 0 Å². The van der Waals surface area contributed by atoms with Crippen LogP contribution >= 0.6 is 11.8 Å². The minimum absolute atomic E-state index is 0.0477. The topological polar surface area (TPSA) is 80.2 Å². The largest absolute Gasteiger partial charge is 0.457 e. The molecule has 4 rings (SSSR count). The number of carbonyl (C=O) groups is 2. The Morgan fingerprint density at radius 1 is 1.14 bits per heavy atom. The Morgan fingerprint density at radius 3 is 2.63 bits per heavy atom. The minimum atomic E-state index is -0.819. The van der Waals surface area contributed by atoms with E-state index in [4.69, 9.17) is 9.47 Å². The Bertz CT molecular complexity index is 1200. The molecule has 1 amide bonds. The lowest BCUT2D eigenvalue weighted by Gasteiger charge is -2.36. The van der Waals surface area contributed by atoms with Gasteiger partial charge in [-0.25, -0.2) is 14.2 Å². The quantitative estimate of drug-likeness (QED) is 0.413. The number of ether oxygens (including phenoxy) is 2. The van der Waals surface area contributed by atoms with Crippen LogP contribution in [0.4, 0.5) is 4.39 Å². The van der Waals surface area contributed by atoms with Gasteiger partial charge in [-0.3, -0.25) is 4.79 Å². The molecule has 0 radical (unpaired) electrons. The van der Waals surface area contributed by atoms with E-state index in [0.717, 1.165) is 5.56 Å². The number of fused-ring (bicyclic) bond motifs is 1. The zero-order chi connectivity index (χ0) is 24.8. The monoisotopic (exact) mass is 495 g/mol. The second kappa shape index (κ2) is 11.3. The fourth-order valence-corrected chi connectivity index (χ4v) is 4.91. The third-order valence-electron chi connectivity index (χ3n) is 5.60. The normalized spacial score (nSPS) is 17.0. The van der Waals surface area contributed by atoms with Crippen LogP contribution in [-0.2, 0) is 25.7 Å². The van der Waals surface area contributed by atoms with Gasteiger partial charge in [0, 0.05) is 24.9 Å². The zero-order valence-electron chi connectivity index (χ0n) is 19.5. The molecule has 2 aromatic rings. The third-order valence-corrected chi connectivity index (χ3v) is 6.49. The predicted octanol–water partition coefficient (Wildman–Crippen LogP) is 4.30. The van der Waals surface area contributed by atoms with Crippen molar-refractivity contribution >= 4 is 28.8 Å². The number of benzene rings is 2. The van der Waals surface area contributed by atoms with Crippen LogP contribution in [0.5, 0.6) is 0 Å². The standard InChI is InChI=1S/C26H26FN3O4S/c1-17-23(25(32)34-15-18-8-4-3-5-9-18)24(20-10-6-7-11-21(20)27)30-19(16-35-26(30)29-17)14-22(31)28-12-13-33-2/h3-11,16,24H,12-15H2,1-2H3,(H,28,31)/t24-/m1/s1. The van der Waals surface area contributed by atoms with Crippen LogP contribution < -0.4 is 5.32 Å². The van der Waals surface area contributed by atoms with Crippen LogP contribution in [0.3, 0.4) is 0 Å². The number of thioether (sulfide) groups is 1. The number of carbonyl (C=O) groups excluding carboxylic acids is 2. The lowest BCUT2D eigenvalue weighted by molar-refractivity contribution is -0.141. The van der Waals surface area contributed by atoms with E-state index >= 15 is 4.39 Å². The molecule has 182 valence electrons. The molecule has 0 aromatic heterocycles. The summed E-state index contributed by atoms with van der Waals surface area (Å²) in [7, 11) is 1.56. The number of hydrogen-bond donors (Lipinski definition) is 1. The molecule has 0 saturated carbocycles. The van der Waals surface area contributed by atoms with Gasteiger partial charge < -0.3 is 19.7 Å². The van der Waals surface area contributed by atoms with Crippen molar-refractivity contribution in [3.8, 4) is 0 Å². The van der Waals surface area contributed by atoms with E-state index in [9.17, 15) is 9.59 Å². The zero-order valence-corrected chi connectivity index (χ0v) is 20.3. The van der Waals surface area contributed by atoms with E-state index in [0.29, 0.717) is 35.3 Å². The molecule has 0 spiro atoms. The van der Waals surface area contributed by atoms with Crippen molar-refractivity contribution in [3.63, 3.8) is 0 Å². The number of allylic oxidation sites excluding steroid dienone is 1. The van der Waals surface area contributed by atoms with Crippen LogP contribution in [0, 0.1) is 5.82 Å². The van der Waals surface area contributed by atoms with Gasteiger partial charge in [0.05, 0.1) is 30.3 Å². The lowest BCUT2D eigenvalue weighted by atomic mass is 9.93. The maximum absolute atomic E-state index is 15.1. The number of amides is 1. The van der Waals surface area contributed by atoms with E-state index in [1.165, 1.54) is 17.8 Å². The Hall–Kier alpha value is -3.43. The molecule has 2 heterocycles. The fourth-order valence-electron chi connectivity index (χ4n) is 3.94. The highest BCUT2D eigenvalue weighted by atomic mass is 32.2. The summed E-state index contributed by atoms with van der Waals surface area (Å²) in [4.78, 5) is 32.2. The summed E-state index contributed by atoms with van der Waals surface area (Å²) in [6.45, 7) is 2.57. The first kappa shape index (κ1) is 24.7. The molecule has 0 aliphatic carbocycles. The number of nitrogens with zero attached hydrogens (tertiary/aromatic N) is 2. The summed E-state index contributed by atoms with van der Waals surface area (Å²) >= 11 is 1.34. The summed E-state index contributed by atoms with van der Waals surface area (Å²) < 4.78 is 25.7. The van der Waals surface area contributed by atoms with Gasteiger partial charge >= 0.3 is 5.97 Å². The first-order valence-corrected chi connectivity index (χ1v) is 12.0. The number of hydrogen-bond acceptors (Lipinski definition) is 7. The van der Waals surface area contributed by atoms with E-state index in [1.54, 1.807) is 37.1 Å². The third kappa shape index (κ3) is 5.63. The van der Waals surface area contributed by atoms with Gasteiger partial charge in [-0.1, -0.05) is 60.3 Å². The van der Waals surface area contributed by atoms with Gasteiger partial charge in [-0.2, -0.15) is 0 Å². The number of nitrogens with one attached hydrogen (secondary N) is 1. The first-order chi connectivity index (χ1) is 17.0. The van der Waals surface area contributed by atoms with E-state index < -0.39 is 17.8 Å². The van der Waals surface area contributed by atoms with E-state index in [1.807, 2.05) is 35.7 Å². The van der Waals surface area contributed by atoms with Crippen LogP contribution in [0.15, 0.2) is 82.0 Å². The Morgan fingerprint density at radius 2 is 1.89 bits per heavy atom. The molecule has 9 heteroatoms. The summed E-state index contributed by atoms with van der Waals surface area (Å²) in [6, 6.07) is 14.8. The molecule has 0 saturated heterocycles. The summed E-state index contributed by atoms with van der Waals surface area (Å²) in [5.41, 5.74) is 2.46. The van der Waals surface area contributed by atoms with Gasteiger partial charge in [0.1, 0.15) is 12.4 Å². The summed E-state index contributed by atoms with van der Waals surface area (Å²) in [5.74, 6) is -1.24. The molecular formula is C26H26FN3O4S. The molecule has 0 fully saturated rings. The van der Waals surface area contributed by atoms with Gasteiger partial charge in [0.15, 0.2) is 5.17 Å². The highest BCUT2D eigenvalue weighted by molar-refractivity contribution is 8.16. The Labute approximate surface area is 207 Å². The van der Waals surface area contributed by atoms with Crippen molar-refractivity contribution in [2.24, 2.45) is 4.99 Å². The van der Waals surface area contributed by atoms with Crippen LogP contribution in [0.25, 0.3) is 0 Å². The van der Waals surface area contributed by atoms with Gasteiger partial charge in [0.2, 0.25) is 5.91 Å². The SMILES string of the molecule is COCCNC(=O)CC1=CSC2=NC(C)=C(C(=O)OCc3ccccc3)[C@@H](c3ccccc3F)N12. The van der Waals surface area contributed by atoms with Crippen LogP contribution in [0.2, 0.25) is 0 Å². The number of esters is 1. The van der Waals surface area contributed by atoms with Crippen molar-refractivity contribution < 1.29 is 23.5 Å². The van der Waals surface area contributed by atoms with Crippen molar-refractivity contribution in [3.05, 3.63) is 93.9 Å². The highest BCUT2D eigenvalue weighted by Gasteiger charge is 2.42. The predicted molar refractivity (Wildman–Crippen MR) is 133 cm³/mol. The summed E-state index contributed by atoms with van der Waals surface area (Å²) in [5, 5.41) is 5.19. The van der Waals surface area contributed by atoms with Crippen molar-refractivity contribution in [1.82, 2.24) is 10.2 Å². The average Bonchev–Trinajstić information content (AvgIpc) is 3.24. The second-order valence-electron chi connectivity index (χ2n) is 8.00. The fraction of sp³-hybridized carbons (Fsp3) is 0.269. The number of aliphatic imine (C=N–C) groups is 1. The smallest absolute Gasteiger partial charge is 0.338 e. The van der Waals surface area contributed by atoms with Crippen LogP contribution in [0.1, 0.15) is 30.5 Å². The number of amidine groups is 1. The summed E-state index contributed by atoms with van der Waals surface area (Å²) in [6.07, 6.45) is 0.0477. The Kier molecular flexibility index (Phi) is 7.99. The van der Waals surface area contributed by atoms with Gasteiger partial charge in [-0.05, 0) is 24.0 Å².